The molecular weight excluding hydrogens is 304 g/mol. The summed E-state index contributed by atoms with van der Waals surface area (Å²) < 4.78 is 4.66. The standard InChI is InChI=1S/C16H15ClN2O3/c1-10-6-7-11(15(20)22-2)8-14(10)19-16(21)18-13-5-3-4-12(17)9-13/h3-9H,1-2H3,(H2,18,19,21). The Morgan fingerprint density at radius 1 is 1.09 bits per heavy atom. The number of urea groups is 1. The topological polar surface area (TPSA) is 67.4 Å². The molecule has 0 aliphatic carbocycles. The third kappa shape index (κ3) is 3.99. The predicted molar refractivity (Wildman–Crippen MR) is 86.6 cm³/mol. The summed E-state index contributed by atoms with van der Waals surface area (Å²) in [4.78, 5) is 23.5. The minimum absolute atomic E-state index is 0.367. The summed E-state index contributed by atoms with van der Waals surface area (Å²) in [5.41, 5.74) is 2.30. The average molecular weight is 319 g/mol. The number of esters is 1. The zero-order chi connectivity index (χ0) is 16.1. The zero-order valence-electron chi connectivity index (χ0n) is 12.1. The van der Waals surface area contributed by atoms with Gasteiger partial charge in [0.25, 0.3) is 0 Å². The van der Waals surface area contributed by atoms with Crippen LogP contribution in [0, 0.1) is 6.92 Å². The van der Waals surface area contributed by atoms with Crippen molar-refractivity contribution < 1.29 is 14.3 Å². The lowest BCUT2D eigenvalue weighted by atomic mass is 10.1. The zero-order valence-corrected chi connectivity index (χ0v) is 12.9. The van der Waals surface area contributed by atoms with E-state index in [4.69, 9.17) is 11.6 Å². The minimum atomic E-state index is -0.460. The van der Waals surface area contributed by atoms with Crippen LogP contribution in [0.4, 0.5) is 16.2 Å². The number of hydrogen-bond acceptors (Lipinski definition) is 3. The van der Waals surface area contributed by atoms with Gasteiger partial charge in [-0.2, -0.15) is 0 Å². The molecule has 2 rings (SSSR count). The molecule has 2 aromatic carbocycles. The number of aryl methyl sites for hydroxylation is 1. The summed E-state index contributed by atoms with van der Waals surface area (Å²) >= 11 is 5.86. The Balaban J connectivity index is 2.12. The van der Waals surface area contributed by atoms with Gasteiger partial charge < -0.3 is 15.4 Å². The van der Waals surface area contributed by atoms with Crippen molar-refractivity contribution in [2.75, 3.05) is 17.7 Å². The van der Waals surface area contributed by atoms with E-state index in [-0.39, 0.29) is 0 Å². The fourth-order valence-corrected chi connectivity index (χ4v) is 2.04. The molecule has 0 aliphatic heterocycles. The number of amides is 2. The molecule has 0 saturated heterocycles. The number of rotatable bonds is 3. The molecule has 0 fully saturated rings. The summed E-state index contributed by atoms with van der Waals surface area (Å²) in [6.45, 7) is 1.83. The number of ether oxygens (including phenoxy) is 1. The van der Waals surface area contributed by atoms with Crippen molar-refractivity contribution in [3.05, 3.63) is 58.6 Å². The van der Waals surface area contributed by atoms with Crippen LogP contribution in [0.25, 0.3) is 0 Å². The van der Waals surface area contributed by atoms with E-state index in [1.54, 1.807) is 42.5 Å². The van der Waals surface area contributed by atoms with Crippen LogP contribution in [0.1, 0.15) is 15.9 Å². The van der Waals surface area contributed by atoms with Crippen molar-refractivity contribution in [3.63, 3.8) is 0 Å². The van der Waals surface area contributed by atoms with Crippen molar-refractivity contribution in [2.24, 2.45) is 0 Å². The molecule has 0 bridgehead atoms. The van der Waals surface area contributed by atoms with Gasteiger partial charge in [-0.15, -0.1) is 0 Å². The molecule has 0 aliphatic rings. The van der Waals surface area contributed by atoms with E-state index in [2.05, 4.69) is 15.4 Å². The first-order valence-corrected chi connectivity index (χ1v) is 6.90. The van der Waals surface area contributed by atoms with Gasteiger partial charge in [0.2, 0.25) is 0 Å². The first kappa shape index (κ1) is 15.9. The van der Waals surface area contributed by atoms with Crippen molar-refractivity contribution in [2.45, 2.75) is 6.92 Å². The van der Waals surface area contributed by atoms with E-state index in [0.717, 1.165) is 5.56 Å². The number of hydrogen-bond donors (Lipinski definition) is 2. The summed E-state index contributed by atoms with van der Waals surface area (Å²) in [6, 6.07) is 11.3. The van der Waals surface area contributed by atoms with Gasteiger partial charge in [0, 0.05) is 16.4 Å². The molecule has 0 heterocycles. The van der Waals surface area contributed by atoms with E-state index in [1.165, 1.54) is 7.11 Å². The normalized spacial score (nSPS) is 9.95. The molecule has 0 spiro atoms. The number of nitrogens with one attached hydrogen (secondary N) is 2. The Morgan fingerprint density at radius 3 is 2.55 bits per heavy atom. The Bertz CT molecular complexity index is 716. The maximum atomic E-state index is 12.0. The van der Waals surface area contributed by atoms with Gasteiger partial charge in [-0.05, 0) is 42.8 Å². The third-order valence-corrected chi connectivity index (χ3v) is 3.22. The second kappa shape index (κ2) is 6.95. The van der Waals surface area contributed by atoms with Crippen LogP contribution in [0.15, 0.2) is 42.5 Å². The summed E-state index contributed by atoms with van der Waals surface area (Å²) in [5, 5.41) is 5.90. The summed E-state index contributed by atoms with van der Waals surface area (Å²) in [5.74, 6) is -0.460. The minimum Gasteiger partial charge on any atom is -0.465 e. The molecule has 114 valence electrons. The number of methoxy groups -OCH3 is 1. The van der Waals surface area contributed by atoms with E-state index in [1.807, 2.05) is 6.92 Å². The molecule has 0 atom stereocenters. The molecule has 0 radical (unpaired) electrons. The molecular formula is C16H15ClN2O3. The first-order chi connectivity index (χ1) is 10.5. The van der Waals surface area contributed by atoms with Gasteiger partial charge in [-0.1, -0.05) is 23.7 Å². The Kier molecular flexibility index (Phi) is 5.01. The van der Waals surface area contributed by atoms with Gasteiger partial charge >= 0.3 is 12.0 Å². The first-order valence-electron chi connectivity index (χ1n) is 6.52. The van der Waals surface area contributed by atoms with Crippen LogP contribution in [0.5, 0.6) is 0 Å². The number of halogens is 1. The van der Waals surface area contributed by atoms with Gasteiger partial charge in [0.15, 0.2) is 0 Å². The fraction of sp³-hybridized carbons (Fsp3) is 0.125. The lowest BCUT2D eigenvalue weighted by molar-refractivity contribution is 0.0600. The smallest absolute Gasteiger partial charge is 0.337 e. The predicted octanol–water partition coefficient (Wildman–Crippen LogP) is 4.08. The fourth-order valence-electron chi connectivity index (χ4n) is 1.85. The highest BCUT2D eigenvalue weighted by Crippen LogP contribution is 2.19. The molecule has 2 amide bonds. The summed E-state index contributed by atoms with van der Waals surface area (Å²) in [7, 11) is 1.31. The third-order valence-electron chi connectivity index (χ3n) is 2.99. The maximum absolute atomic E-state index is 12.0. The molecule has 22 heavy (non-hydrogen) atoms. The summed E-state index contributed by atoms with van der Waals surface area (Å²) in [6.07, 6.45) is 0. The van der Waals surface area contributed by atoms with Gasteiger partial charge in [-0.3, -0.25) is 0 Å². The lowest BCUT2D eigenvalue weighted by Crippen LogP contribution is -2.20. The quantitative estimate of drug-likeness (QED) is 0.838. The lowest BCUT2D eigenvalue weighted by Gasteiger charge is -2.11. The SMILES string of the molecule is COC(=O)c1ccc(C)c(NC(=O)Nc2cccc(Cl)c2)c1. The van der Waals surface area contributed by atoms with Crippen molar-refractivity contribution in [1.82, 2.24) is 0 Å². The molecule has 0 saturated carbocycles. The Hall–Kier alpha value is -2.53. The molecule has 2 N–H and O–H groups in total. The van der Waals surface area contributed by atoms with Crippen LogP contribution in [-0.2, 0) is 4.74 Å². The largest absolute Gasteiger partial charge is 0.465 e. The van der Waals surface area contributed by atoms with Gasteiger partial charge in [-0.25, -0.2) is 9.59 Å². The van der Waals surface area contributed by atoms with Crippen molar-refractivity contribution >= 4 is 35.0 Å². The molecule has 6 heteroatoms. The highest BCUT2D eigenvalue weighted by molar-refractivity contribution is 6.30. The highest BCUT2D eigenvalue weighted by atomic mass is 35.5. The number of carbonyl (C=O) groups excluding carboxylic acids is 2. The van der Waals surface area contributed by atoms with E-state index in [0.29, 0.717) is 22.0 Å². The van der Waals surface area contributed by atoms with Crippen LogP contribution < -0.4 is 10.6 Å². The van der Waals surface area contributed by atoms with Crippen LogP contribution in [0.3, 0.4) is 0 Å². The molecule has 0 unspecified atom stereocenters. The number of anilines is 2. The second-order valence-corrected chi connectivity index (χ2v) is 5.05. The van der Waals surface area contributed by atoms with Crippen LogP contribution >= 0.6 is 11.6 Å². The molecule has 5 nitrogen and oxygen atoms in total. The number of benzene rings is 2. The number of carbonyl (C=O) groups is 2. The van der Waals surface area contributed by atoms with E-state index < -0.39 is 12.0 Å². The van der Waals surface area contributed by atoms with Crippen molar-refractivity contribution in [1.29, 1.82) is 0 Å². The van der Waals surface area contributed by atoms with Gasteiger partial charge in [0.1, 0.15) is 0 Å². The van der Waals surface area contributed by atoms with Crippen LogP contribution in [0.2, 0.25) is 5.02 Å². The second-order valence-electron chi connectivity index (χ2n) is 4.61. The Morgan fingerprint density at radius 2 is 1.86 bits per heavy atom. The molecule has 2 aromatic rings. The van der Waals surface area contributed by atoms with E-state index in [9.17, 15) is 9.59 Å². The highest BCUT2D eigenvalue weighted by Gasteiger charge is 2.10. The van der Waals surface area contributed by atoms with E-state index >= 15 is 0 Å². The average Bonchev–Trinajstić information content (AvgIpc) is 2.48. The Labute approximate surface area is 133 Å². The molecule has 0 aromatic heterocycles. The monoisotopic (exact) mass is 318 g/mol. The van der Waals surface area contributed by atoms with Gasteiger partial charge in [0.05, 0.1) is 12.7 Å². The maximum Gasteiger partial charge on any atom is 0.337 e. The van der Waals surface area contributed by atoms with Crippen molar-refractivity contribution in [3.8, 4) is 0 Å². The van der Waals surface area contributed by atoms with Crippen LogP contribution in [-0.4, -0.2) is 19.1 Å².